The van der Waals surface area contributed by atoms with E-state index in [0.717, 1.165) is 0 Å². The second-order valence-corrected chi connectivity index (χ2v) is 7.58. The van der Waals surface area contributed by atoms with Crippen LogP contribution in [0.4, 0.5) is 0 Å². The number of nitrogens with zero attached hydrogens (tertiary/aromatic N) is 1. The van der Waals surface area contributed by atoms with Crippen molar-refractivity contribution in [1.29, 1.82) is 0 Å². The van der Waals surface area contributed by atoms with E-state index in [-0.39, 0.29) is 35.4 Å². The zero-order valence-electron chi connectivity index (χ0n) is 14.8. The van der Waals surface area contributed by atoms with E-state index in [2.05, 4.69) is 5.32 Å². The Morgan fingerprint density at radius 3 is 2.65 bits per heavy atom. The van der Waals surface area contributed by atoms with Gasteiger partial charge in [0.1, 0.15) is 10.6 Å². The van der Waals surface area contributed by atoms with Gasteiger partial charge in [-0.2, -0.15) is 4.31 Å². The smallest absolute Gasteiger partial charge is 0.246 e. The molecule has 0 radical (unpaired) electrons. The molecule has 1 aliphatic heterocycles. The van der Waals surface area contributed by atoms with E-state index in [1.807, 2.05) is 0 Å². The Labute approximate surface area is 160 Å². The molecule has 0 spiro atoms. The fraction of sp³-hybridized carbons (Fsp3) is 0.562. The number of nitrogens with two attached hydrogens (primary N) is 1. The minimum absolute atomic E-state index is 0. The molecule has 0 unspecified atom stereocenters. The lowest BCUT2D eigenvalue weighted by Gasteiger charge is -2.26. The highest BCUT2D eigenvalue weighted by Crippen LogP contribution is 2.28. The van der Waals surface area contributed by atoms with Crippen LogP contribution in [0.2, 0.25) is 0 Å². The fourth-order valence-corrected chi connectivity index (χ4v) is 4.15. The van der Waals surface area contributed by atoms with Gasteiger partial charge in [-0.05, 0) is 30.7 Å². The van der Waals surface area contributed by atoms with Crippen LogP contribution in [0.25, 0.3) is 0 Å². The van der Waals surface area contributed by atoms with Gasteiger partial charge < -0.3 is 20.5 Å². The predicted octanol–water partition coefficient (Wildman–Crippen LogP) is 0.145. The van der Waals surface area contributed by atoms with Crippen molar-refractivity contribution in [2.75, 3.05) is 46.5 Å². The molecular formula is C16H26ClN3O5S. The van der Waals surface area contributed by atoms with Crippen LogP contribution in [-0.4, -0.2) is 65.1 Å². The van der Waals surface area contributed by atoms with Gasteiger partial charge in [0.25, 0.3) is 0 Å². The lowest BCUT2D eigenvalue weighted by molar-refractivity contribution is -0.120. The molecule has 1 saturated heterocycles. The number of sulfonamides is 1. The second kappa shape index (κ2) is 10.7. The van der Waals surface area contributed by atoms with Crippen LogP contribution in [-0.2, 0) is 26.0 Å². The van der Waals surface area contributed by atoms with Crippen molar-refractivity contribution in [3.8, 4) is 5.75 Å². The van der Waals surface area contributed by atoms with Crippen LogP contribution in [0.1, 0.15) is 12.0 Å². The van der Waals surface area contributed by atoms with Gasteiger partial charge in [-0.1, -0.05) is 6.07 Å². The van der Waals surface area contributed by atoms with Crippen molar-refractivity contribution in [3.63, 3.8) is 0 Å². The first-order valence-electron chi connectivity index (χ1n) is 8.20. The van der Waals surface area contributed by atoms with E-state index in [1.54, 1.807) is 12.1 Å². The monoisotopic (exact) mass is 407 g/mol. The molecule has 1 fully saturated rings. The number of rotatable bonds is 8. The van der Waals surface area contributed by atoms with E-state index < -0.39 is 10.0 Å². The van der Waals surface area contributed by atoms with Crippen molar-refractivity contribution in [2.24, 2.45) is 5.73 Å². The number of carbonyl (C=O) groups excluding carboxylic acids is 1. The number of nitrogens with one attached hydrogen (secondary N) is 1. The maximum atomic E-state index is 12.9. The molecule has 8 nitrogen and oxygen atoms in total. The van der Waals surface area contributed by atoms with E-state index in [9.17, 15) is 13.2 Å². The highest BCUT2D eigenvalue weighted by Gasteiger charge is 2.29. The summed E-state index contributed by atoms with van der Waals surface area (Å²) < 4.78 is 37.6. The van der Waals surface area contributed by atoms with Gasteiger partial charge in [-0.15, -0.1) is 12.4 Å². The summed E-state index contributed by atoms with van der Waals surface area (Å²) in [5.74, 6) is 0.0899. The topological polar surface area (TPSA) is 111 Å². The highest BCUT2D eigenvalue weighted by atomic mass is 35.5. The summed E-state index contributed by atoms with van der Waals surface area (Å²) in [6.45, 7) is 2.34. The highest BCUT2D eigenvalue weighted by molar-refractivity contribution is 7.89. The number of hydrogen-bond acceptors (Lipinski definition) is 6. The van der Waals surface area contributed by atoms with Gasteiger partial charge in [0, 0.05) is 19.6 Å². The summed E-state index contributed by atoms with van der Waals surface area (Å²) in [5, 5.41) is 2.76. The van der Waals surface area contributed by atoms with Crippen LogP contribution in [0, 0.1) is 0 Å². The van der Waals surface area contributed by atoms with Crippen LogP contribution < -0.4 is 15.8 Å². The van der Waals surface area contributed by atoms with Gasteiger partial charge >= 0.3 is 0 Å². The standard InChI is InChI=1S/C16H25N3O5S.ClH/c1-23-14-4-3-13(12-16(20)18-6-2-5-17)11-15(14)25(21,22)19-7-9-24-10-8-19;/h3-4,11H,2,5-10,12,17H2,1H3,(H,18,20);1H. The Morgan fingerprint density at radius 2 is 2.04 bits per heavy atom. The summed E-state index contributed by atoms with van der Waals surface area (Å²) in [6, 6.07) is 4.78. The lowest BCUT2D eigenvalue weighted by Crippen LogP contribution is -2.40. The Bertz CT molecular complexity index is 693. The van der Waals surface area contributed by atoms with Crippen molar-refractivity contribution >= 4 is 28.3 Å². The van der Waals surface area contributed by atoms with Crippen molar-refractivity contribution in [1.82, 2.24) is 9.62 Å². The first-order chi connectivity index (χ1) is 12.0. The Morgan fingerprint density at radius 1 is 1.35 bits per heavy atom. The van der Waals surface area contributed by atoms with Crippen molar-refractivity contribution in [2.45, 2.75) is 17.7 Å². The molecule has 2 rings (SSSR count). The van der Waals surface area contributed by atoms with Gasteiger partial charge in [-0.3, -0.25) is 4.79 Å². The number of carbonyl (C=O) groups is 1. The number of halogens is 1. The Kier molecular flexibility index (Phi) is 9.31. The molecule has 1 aromatic carbocycles. The maximum absolute atomic E-state index is 12.9. The minimum Gasteiger partial charge on any atom is -0.495 e. The fourth-order valence-electron chi connectivity index (χ4n) is 2.54. The summed E-state index contributed by atoms with van der Waals surface area (Å²) in [6.07, 6.45) is 0.797. The predicted molar refractivity (Wildman–Crippen MR) is 100 cm³/mol. The molecule has 1 aliphatic rings. The first-order valence-corrected chi connectivity index (χ1v) is 9.64. The molecular weight excluding hydrogens is 382 g/mol. The van der Waals surface area contributed by atoms with Gasteiger partial charge in [0.2, 0.25) is 15.9 Å². The first kappa shape index (κ1) is 22.7. The molecule has 1 amide bonds. The molecule has 1 heterocycles. The Hall–Kier alpha value is -1.39. The van der Waals surface area contributed by atoms with Gasteiger partial charge in [0.15, 0.2) is 0 Å². The normalized spacial score (nSPS) is 15.2. The summed E-state index contributed by atoms with van der Waals surface area (Å²) >= 11 is 0. The summed E-state index contributed by atoms with van der Waals surface area (Å²) in [4.78, 5) is 12.0. The molecule has 0 bridgehead atoms. The summed E-state index contributed by atoms with van der Waals surface area (Å²) in [7, 11) is -2.28. The molecule has 148 valence electrons. The molecule has 3 N–H and O–H groups in total. The Balaban J connectivity index is 0.00000338. The number of amides is 1. The minimum atomic E-state index is -3.70. The molecule has 0 saturated carbocycles. The van der Waals surface area contributed by atoms with E-state index >= 15 is 0 Å². The third-order valence-electron chi connectivity index (χ3n) is 3.88. The number of ether oxygens (including phenoxy) is 2. The van der Waals surface area contributed by atoms with Crippen LogP contribution in [0.3, 0.4) is 0 Å². The summed E-state index contributed by atoms with van der Waals surface area (Å²) in [5.41, 5.74) is 6.00. The number of methoxy groups -OCH3 is 1. The number of benzene rings is 1. The molecule has 0 aliphatic carbocycles. The van der Waals surface area contributed by atoms with Crippen LogP contribution in [0.5, 0.6) is 5.75 Å². The quantitative estimate of drug-likeness (QED) is 0.593. The molecule has 10 heteroatoms. The molecule has 0 aromatic heterocycles. The van der Waals surface area contributed by atoms with Gasteiger partial charge in [0.05, 0.1) is 26.7 Å². The maximum Gasteiger partial charge on any atom is 0.246 e. The second-order valence-electron chi connectivity index (χ2n) is 5.67. The van der Waals surface area contributed by atoms with Crippen LogP contribution in [0.15, 0.2) is 23.1 Å². The third kappa shape index (κ3) is 5.82. The number of morpholine rings is 1. The van der Waals surface area contributed by atoms with Crippen LogP contribution >= 0.6 is 12.4 Å². The zero-order valence-corrected chi connectivity index (χ0v) is 16.4. The van der Waals surface area contributed by atoms with E-state index in [4.69, 9.17) is 15.2 Å². The average molecular weight is 408 g/mol. The zero-order chi connectivity index (χ0) is 18.3. The van der Waals surface area contributed by atoms with Crippen molar-refractivity contribution in [3.05, 3.63) is 23.8 Å². The lowest BCUT2D eigenvalue weighted by atomic mass is 10.1. The third-order valence-corrected chi connectivity index (χ3v) is 5.80. The van der Waals surface area contributed by atoms with E-state index in [0.29, 0.717) is 51.4 Å². The molecule has 0 atom stereocenters. The largest absolute Gasteiger partial charge is 0.495 e. The average Bonchev–Trinajstić information content (AvgIpc) is 2.62. The number of hydrogen-bond donors (Lipinski definition) is 2. The SMILES string of the molecule is COc1ccc(CC(=O)NCCCN)cc1S(=O)(=O)N1CCOCC1.Cl. The van der Waals surface area contributed by atoms with E-state index in [1.165, 1.54) is 17.5 Å². The van der Waals surface area contributed by atoms with Crippen molar-refractivity contribution < 1.29 is 22.7 Å². The molecule has 26 heavy (non-hydrogen) atoms. The molecule has 1 aromatic rings. The van der Waals surface area contributed by atoms with Gasteiger partial charge in [-0.25, -0.2) is 8.42 Å².